The van der Waals surface area contributed by atoms with Crippen molar-refractivity contribution < 1.29 is 9.72 Å². The number of halogens is 1. The van der Waals surface area contributed by atoms with Crippen molar-refractivity contribution in [3.8, 4) is 0 Å². The van der Waals surface area contributed by atoms with Crippen LogP contribution in [0.25, 0.3) is 0 Å². The van der Waals surface area contributed by atoms with Crippen molar-refractivity contribution in [1.29, 1.82) is 0 Å². The van der Waals surface area contributed by atoms with Crippen LogP contribution in [0.5, 0.6) is 0 Å². The molecule has 7 heteroatoms. The molecule has 1 amide bonds. The van der Waals surface area contributed by atoms with Gasteiger partial charge in [0.2, 0.25) is 0 Å². The fraction of sp³-hybridized carbons (Fsp3) is 0.250. The molecule has 0 unspecified atom stereocenters. The van der Waals surface area contributed by atoms with E-state index in [9.17, 15) is 14.9 Å². The molecule has 1 aromatic carbocycles. The Morgan fingerprint density at radius 3 is 2.63 bits per heavy atom. The van der Waals surface area contributed by atoms with Gasteiger partial charge in [0, 0.05) is 36.8 Å². The molecular weight excluding hydrogens is 314 g/mol. The number of nitrogens with one attached hydrogen (secondary N) is 1. The average Bonchev–Trinajstić information content (AvgIpc) is 2.34. The summed E-state index contributed by atoms with van der Waals surface area (Å²) in [5.41, 5.74) is 0.598. The molecular formula is C12H14BrN3O3. The van der Waals surface area contributed by atoms with Crippen molar-refractivity contribution in [1.82, 2.24) is 4.90 Å². The van der Waals surface area contributed by atoms with Crippen molar-refractivity contribution >= 4 is 33.2 Å². The number of nitrogens with zero attached hydrogens (tertiary/aromatic N) is 2. The Hall–Kier alpha value is -1.89. The summed E-state index contributed by atoms with van der Waals surface area (Å²) in [4.78, 5) is 23.6. The van der Waals surface area contributed by atoms with Gasteiger partial charge in [-0.05, 0) is 12.1 Å². The van der Waals surface area contributed by atoms with E-state index >= 15 is 0 Å². The lowest BCUT2D eigenvalue weighted by Crippen LogP contribution is -2.21. The minimum atomic E-state index is -0.497. The number of hydrogen-bond donors (Lipinski definition) is 1. The van der Waals surface area contributed by atoms with Crippen LogP contribution in [0.3, 0.4) is 0 Å². The second-order valence-electron chi connectivity index (χ2n) is 4.06. The molecule has 0 aliphatic rings. The monoisotopic (exact) mass is 327 g/mol. The number of carbonyl (C=O) groups excluding carboxylic acids is 1. The molecule has 0 aromatic heterocycles. The highest BCUT2D eigenvalue weighted by Crippen LogP contribution is 2.26. The molecule has 0 aliphatic heterocycles. The molecule has 0 saturated carbocycles. The summed E-state index contributed by atoms with van der Waals surface area (Å²) in [6.07, 6.45) is 0. The first-order valence-electron chi connectivity index (χ1n) is 5.40. The first-order valence-corrected chi connectivity index (χ1v) is 6.19. The van der Waals surface area contributed by atoms with Crippen LogP contribution >= 0.6 is 15.9 Å². The molecule has 0 aliphatic carbocycles. The highest BCUT2D eigenvalue weighted by atomic mass is 79.9. The van der Waals surface area contributed by atoms with Gasteiger partial charge in [-0.1, -0.05) is 22.5 Å². The van der Waals surface area contributed by atoms with Crippen LogP contribution in [0.2, 0.25) is 0 Å². The van der Waals surface area contributed by atoms with Crippen LogP contribution in [0, 0.1) is 10.1 Å². The number of rotatable bonds is 5. The van der Waals surface area contributed by atoms with E-state index in [0.717, 1.165) is 0 Å². The third kappa shape index (κ3) is 4.06. The van der Waals surface area contributed by atoms with E-state index in [-0.39, 0.29) is 11.6 Å². The topological polar surface area (TPSA) is 75.5 Å². The van der Waals surface area contributed by atoms with Gasteiger partial charge < -0.3 is 10.2 Å². The molecule has 0 saturated heterocycles. The fourth-order valence-corrected chi connectivity index (χ4v) is 1.56. The number of anilines is 1. The summed E-state index contributed by atoms with van der Waals surface area (Å²) < 4.78 is 0.658. The second-order valence-corrected chi connectivity index (χ2v) is 5.18. The molecule has 0 heterocycles. The summed E-state index contributed by atoms with van der Waals surface area (Å²) in [5, 5.41) is 13.8. The normalized spacial score (nSPS) is 9.84. The Bertz CT molecular complexity index is 529. The predicted octanol–water partition coefficient (Wildman–Crippen LogP) is 2.62. The van der Waals surface area contributed by atoms with E-state index in [4.69, 9.17) is 0 Å². The Morgan fingerprint density at radius 1 is 1.53 bits per heavy atom. The first kappa shape index (κ1) is 15.2. The van der Waals surface area contributed by atoms with Gasteiger partial charge in [0.05, 0.1) is 4.92 Å². The van der Waals surface area contributed by atoms with E-state index in [1.54, 1.807) is 14.1 Å². The molecule has 1 rings (SSSR count). The number of amides is 1. The third-order valence-electron chi connectivity index (χ3n) is 2.32. The van der Waals surface area contributed by atoms with Crippen molar-refractivity contribution in [3.05, 3.63) is 44.9 Å². The van der Waals surface area contributed by atoms with Gasteiger partial charge in [-0.2, -0.15) is 0 Å². The lowest BCUT2D eigenvalue weighted by molar-refractivity contribution is -0.384. The predicted molar refractivity (Wildman–Crippen MR) is 77.7 cm³/mol. The van der Waals surface area contributed by atoms with Crippen LogP contribution in [0.4, 0.5) is 11.4 Å². The van der Waals surface area contributed by atoms with Crippen molar-refractivity contribution in [2.24, 2.45) is 0 Å². The van der Waals surface area contributed by atoms with Crippen molar-refractivity contribution in [2.45, 2.75) is 0 Å². The van der Waals surface area contributed by atoms with Crippen molar-refractivity contribution in [3.63, 3.8) is 0 Å². The number of carbonyl (C=O) groups is 1. The lowest BCUT2D eigenvalue weighted by atomic mass is 10.1. The van der Waals surface area contributed by atoms with E-state index in [0.29, 0.717) is 22.3 Å². The van der Waals surface area contributed by atoms with E-state index in [1.165, 1.54) is 23.1 Å². The number of nitro groups is 1. The van der Waals surface area contributed by atoms with Crippen LogP contribution in [0.1, 0.15) is 10.4 Å². The Morgan fingerprint density at radius 2 is 2.16 bits per heavy atom. The van der Waals surface area contributed by atoms with Gasteiger partial charge in [-0.25, -0.2) is 0 Å². The highest BCUT2D eigenvalue weighted by Gasteiger charge is 2.17. The maximum Gasteiger partial charge on any atom is 0.292 e. The second kappa shape index (κ2) is 6.33. The lowest BCUT2D eigenvalue weighted by Gasteiger charge is -2.12. The van der Waals surface area contributed by atoms with Gasteiger partial charge in [0.1, 0.15) is 5.69 Å². The number of hydrogen-bond acceptors (Lipinski definition) is 4. The molecule has 1 N–H and O–H groups in total. The van der Waals surface area contributed by atoms with Gasteiger partial charge in [-0.3, -0.25) is 14.9 Å². The average molecular weight is 328 g/mol. The van der Waals surface area contributed by atoms with Gasteiger partial charge >= 0.3 is 0 Å². The zero-order valence-electron chi connectivity index (χ0n) is 10.6. The number of nitro benzene ring substituents is 1. The van der Waals surface area contributed by atoms with E-state index in [2.05, 4.69) is 27.8 Å². The third-order valence-corrected chi connectivity index (χ3v) is 2.60. The zero-order valence-corrected chi connectivity index (χ0v) is 12.2. The Balaban J connectivity index is 3.14. The summed E-state index contributed by atoms with van der Waals surface area (Å²) >= 11 is 3.16. The molecule has 102 valence electrons. The minimum absolute atomic E-state index is 0.0796. The van der Waals surface area contributed by atoms with Gasteiger partial charge in [-0.15, -0.1) is 0 Å². The van der Waals surface area contributed by atoms with E-state index in [1.807, 2.05) is 0 Å². The van der Waals surface area contributed by atoms with Crippen LogP contribution < -0.4 is 5.32 Å². The van der Waals surface area contributed by atoms with Crippen LogP contribution in [-0.2, 0) is 0 Å². The standard InChI is InChI=1S/C12H14BrN3O3/c1-8(13)7-14-10-6-9(12(17)15(2)3)4-5-11(10)16(18)19/h4-6,14H,1,7H2,2-3H3. The smallest absolute Gasteiger partial charge is 0.292 e. The molecule has 19 heavy (non-hydrogen) atoms. The van der Waals surface area contributed by atoms with E-state index < -0.39 is 4.92 Å². The largest absolute Gasteiger partial charge is 0.375 e. The molecule has 0 spiro atoms. The quantitative estimate of drug-likeness (QED) is 0.666. The number of benzene rings is 1. The summed E-state index contributed by atoms with van der Waals surface area (Å²) in [5.74, 6) is -0.212. The minimum Gasteiger partial charge on any atom is -0.375 e. The summed E-state index contributed by atoms with van der Waals surface area (Å²) in [7, 11) is 3.24. The fourth-order valence-electron chi connectivity index (χ4n) is 1.42. The van der Waals surface area contributed by atoms with Gasteiger partial charge in [0.15, 0.2) is 0 Å². The molecule has 0 bridgehead atoms. The van der Waals surface area contributed by atoms with Crippen LogP contribution in [-0.4, -0.2) is 36.4 Å². The van der Waals surface area contributed by atoms with Gasteiger partial charge in [0.25, 0.3) is 11.6 Å². The molecule has 0 radical (unpaired) electrons. The Labute approximate surface area is 119 Å². The Kier molecular flexibility index (Phi) is 5.05. The zero-order chi connectivity index (χ0) is 14.6. The molecule has 0 fully saturated rings. The maximum absolute atomic E-state index is 11.8. The highest BCUT2D eigenvalue weighted by molar-refractivity contribution is 9.11. The molecule has 6 nitrogen and oxygen atoms in total. The van der Waals surface area contributed by atoms with Crippen LogP contribution in [0.15, 0.2) is 29.3 Å². The van der Waals surface area contributed by atoms with Crippen molar-refractivity contribution in [2.75, 3.05) is 26.0 Å². The summed E-state index contributed by atoms with van der Waals surface area (Å²) in [6.45, 7) is 3.97. The molecule has 1 aromatic rings. The first-order chi connectivity index (χ1) is 8.82. The maximum atomic E-state index is 11.8. The SMILES string of the molecule is C=C(Br)CNc1cc(C(=O)N(C)C)ccc1[N+](=O)[O-]. The summed E-state index contributed by atoms with van der Waals surface area (Å²) in [6, 6.07) is 4.22. The molecule has 0 atom stereocenters.